The summed E-state index contributed by atoms with van der Waals surface area (Å²) in [5.74, 6) is 0.512. The van der Waals surface area contributed by atoms with E-state index in [1.807, 2.05) is 78.9 Å². The van der Waals surface area contributed by atoms with Crippen LogP contribution in [0.15, 0.2) is 104 Å². The van der Waals surface area contributed by atoms with E-state index in [9.17, 15) is 9.59 Å². The molecule has 10 heteroatoms. The van der Waals surface area contributed by atoms with Crippen LogP contribution < -0.4 is 24.4 Å². The van der Waals surface area contributed by atoms with Gasteiger partial charge in [0.25, 0.3) is 5.56 Å². The lowest BCUT2D eigenvalue weighted by Crippen LogP contribution is -2.40. The number of hydrogen-bond donors (Lipinski definition) is 0. The summed E-state index contributed by atoms with van der Waals surface area (Å²) in [6.45, 7) is 4.00. The van der Waals surface area contributed by atoms with Gasteiger partial charge in [0.1, 0.15) is 6.61 Å². The minimum absolute atomic E-state index is 0.205. The fraction of sp³-hybridized carbons (Fsp3) is 0.171. The van der Waals surface area contributed by atoms with Gasteiger partial charge < -0.3 is 14.2 Å². The van der Waals surface area contributed by atoms with Gasteiger partial charge in [-0.3, -0.25) is 9.36 Å². The fourth-order valence-electron chi connectivity index (χ4n) is 5.45. The summed E-state index contributed by atoms with van der Waals surface area (Å²) in [6.07, 6.45) is 1.79. The number of nitrogens with zero attached hydrogens (tertiary/aromatic N) is 2. The van der Waals surface area contributed by atoms with Crippen molar-refractivity contribution in [2.45, 2.75) is 26.5 Å². The number of benzene rings is 4. The van der Waals surface area contributed by atoms with Crippen LogP contribution in [0, 0.1) is 0 Å². The first-order valence-corrected chi connectivity index (χ1v) is 16.2. The molecule has 1 aliphatic rings. The standard InChI is InChI=1S/C35H28BrClN2O5S/c1-4-43-34(41)30-20(2)38-35-39(31(30)25-14-9-12-22-10-5-7-13-24(22)25)33(40)29(45-35)18-21-16-26(36)32(28(17-21)42-3)44-19-23-11-6-8-15-27(23)37/h5-18,31H,4,19H2,1-3H3/b29-18+/t31-/m0/s1. The average molecular weight is 704 g/mol. The first-order chi connectivity index (χ1) is 21.8. The molecule has 0 saturated heterocycles. The third-order valence-electron chi connectivity index (χ3n) is 7.51. The van der Waals surface area contributed by atoms with Gasteiger partial charge in [0, 0.05) is 10.6 Å². The van der Waals surface area contributed by atoms with Gasteiger partial charge in [-0.1, -0.05) is 83.6 Å². The average Bonchev–Trinajstić information content (AvgIpc) is 3.33. The normalized spacial score (nSPS) is 14.7. The van der Waals surface area contributed by atoms with E-state index < -0.39 is 12.0 Å². The Labute approximate surface area is 276 Å². The molecule has 7 nitrogen and oxygen atoms in total. The molecule has 1 aromatic heterocycles. The lowest BCUT2D eigenvalue weighted by atomic mass is 9.91. The number of ether oxygens (including phenoxy) is 3. The van der Waals surface area contributed by atoms with Crippen LogP contribution in [-0.4, -0.2) is 24.3 Å². The van der Waals surface area contributed by atoms with Crippen molar-refractivity contribution in [3.63, 3.8) is 0 Å². The number of fused-ring (bicyclic) bond motifs is 2. The molecule has 0 fully saturated rings. The molecule has 5 aromatic rings. The van der Waals surface area contributed by atoms with Gasteiger partial charge in [-0.25, -0.2) is 9.79 Å². The summed E-state index contributed by atoms with van der Waals surface area (Å²) in [7, 11) is 1.56. The second-order valence-electron chi connectivity index (χ2n) is 10.3. The molecule has 0 unspecified atom stereocenters. The van der Waals surface area contributed by atoms with Crippen LogP contribution in [0.5, 0.6) is 11.5 Å². The monoisotopic (exact) mass is 702 g/mol. The Bertz CT molecular complexity index is 2170. The van der Waals surface area contributed by atoms with Gasteiger partial charge >= 0.3 is 5.97 Å². The van der Waals surface area contributed by atoms with E-state index in [0.29, 0.717) is 41.6 Å². The van der Waals surface area contributed by atoms with E-state index in [4.69, 9.17) is 30.8 Å². The highest BCUT2D eigenvalue weighted by atomic mass is 79.9. The van der Waals surface area contributed by atoms with E-state index in [2.05, 4.69) is 15.9 Å². The molecule has 4 aromatic carbocycles. The highest BCUT2D eigenvalue weighted by molar-refractivity contribution is 9.10. The van der Waals surface area contributed by atoms with Crippen molar-refractivity contribution >= 4 is 61.7 Å². The Morgan fingerprint density at radius 1 is 1.09 bits per heavy atom. The van der Waals surface area contributed by atoms with Crippen LogP contribution >= 0.6 is 38.9 Å². The van der Waals surface area contributed by atoms with Crippen LogP contribution in [0.2, 0.25) is 5.02 Å². The predicted molar refractivity (Wildman–Crippen MR) is 181 cm³/mol. The van der Waals surface area contributed by atoms with Gasteiger partial charge in [-0.05, 0) is 76.0 Å². The smallest absolute Gasteiger partial charge is 0.338 e. The minimum Gasteiger partial charge on any atom is -0.493 e. The topological polar surface area (TPSA) is 79.1 Å². The number of carbonyl (C=O) groups excluding carboxylic acids is 1. The van der Waals surface area contributed by atoms with E-state index in [-0.39, 0.29) is 18.8 Å². The maximum Gasteiger partial charge on any atom is 0.338 e. The summed E-state index contributed by atoms with van der Waals surface area (Å²) < 4.78 is 19.9. The number of hydrogen-bond acceptors (Lipinski definition) is 7. The maximum atomic E-state index is 14.2. The molecule has 0 saturated carbocycles. The van der Waals surface area contributed by atoms with Crippen molar-refractivity contribution in [1.82, 2.24) is 4.57 Å². The van der Waals surface area contributed by atoms with E-state index in [1.54, 1.807) is 31.6 Å². The van der Waals surface area contributed by atoms with Crippen molar-refractivity contribution in [2.24, 2.45) is 4.99 Å². The van der Waals surface area contributed by atoms with Gasteiger partial charge in [0.05, 0.1) is 40.0 Å². The molecule has 0 spiro atoms. The van der Waals surface area contributed by atoms with Crippen molar-refractivity contribution in [2.75, 3.05) is 13.7 Å². The third-order valence-corrected chi connectivity index (χ3v) is 9.46. The number of methoxy groups -OCH3 is 1. The SMILES string of the molecule is CCOC(=O)C1=C(C)N=c2s/c(=C/c3cc(Br)c(OCc4ccccc4Cl)c(OC)c3)c(=O)n2[C@H]1c1cccc2ccccc12. The van der Waals surface area contributed by atoms with Crippen LogP contribution in [0.25, 0.3) is 16.8 Å². The van der Waals surface area contributed by atoms with Crippen molar-refractivity contribution < 1.29 is 19.0 Å². The summed E-state index contributed by atoms with van der Waals surface area (Å²) in [6, 6.07) is 24.2. The molecule has 2 heterocycles. The second-order valence-corrected chi connectivity index (χ2v) is 12.6. The van der Waals surface area contributed by atoms with Crippen LogP contribution in [-0.2, 0) is 16.1 Å². The molecule has 228 valence electrons. The van der Waals surface area contributed by atoms with E-state index in [0.717, 1.165) is 27.5 Å². The molecule has 1 aliphatic heterocycles. The number of esters is 1. The quantitative estimate of drug-likeness (QED) is 0.164. The highest BCUT2D eigenvalue weighted by Crippen LogP contribution is 2.38. The number of carbonyl (C=O) groups is 1. The zero-order chi connectivity index (χ0) is 31.7. The van der Waals surface area contributed by atoms with Gasteiger partial charge in [-0.2, -0.15) is 0 Å². The van der Waals surface area contributed by atoms with Crippen molar-refractivity contribution in [3.8, 4) is 11.5 Å². The molecule has 1 atom stereocenters. The zero-order valence-electron chi connectivity index (χ0n) is 24.7. The second kappa shape index (κ2) is 13.0. The van der Waals surface area contributed by atoms with Crippen molar-refractivity contribution in [3.05, 3.63) is 136 Å². The zero-order valence-corrected chi connectivity index (χ0v) is 27.8. The third kappa shape index (κ3) is 5.95. The Hall–Kier alpha value is -4.18. The molecule has 0 radical (unpaired) electrons. The lowest BCUT2D eigenvalue weighted by Gasteiger charge is -2.25. The summed E-state index contributed by atoms with van der Waals surface area (Å²) in [5.41, 5.74) is 2.98. The van der Waals surface area contributed by atoms with E-state index in [1.165, 1.54) is 11.3 Å². The minimum atomic E-state index is -0.713. The number of allylic oxidation sites excluding steroid dienone is 1. The summed E-state index contributed by atoms with van der Waals surface area (Å²) in [5, 5.41) is 2.56. The van der Waals surface area contributed by atoms with Crippen LogP contribution in [0.1, 0.15) is 36.6 Å². The van der Waals surface area contributed by atoms with Gasteiger partial charge in [0.2, 0.25) is 0 Å². The number of aromatic nitrogens is 1. The number of rotatable bonds is 8. The number of thiazole rings is 1. The molecule has 0 aliphatic carbocycles. The molecule has 0 bridgehead atoms. The van der Waals surface area contributed by atoms with E-state index >= 15 is 0 Å². The molecular weight excluding hydrogens is 676 g/mol. The largest absolute Gasteiger partial charge is 0.493 e. The Morgan fingerprint density at radius 3 is 2.62 bits per heavy atom. The Kier molecular flexibility index (Phi) is 8.94. The summed E-state index contributed by atoms with van der Waals surface area (Å²) in [4.78, 5) is 32.8. The van der Waals surface area contributed by atoms with Gasteiger partial charge in [0.15, 0.2) is 16.3 Å². The van der Waals surface area contributed by atoms with Crippen LogP contribution in [0.3, 0.4) is 0 Å². The first kappa shape index (κ1) is 30.8. The van der Waals surface area contributed by atoms with Crippen LogP contribution in [0.4, 0.5) is 0 Å². The fourth-order valence-corrected chi connectivity index (χ4v) is 7.27. The number of halogens is 2. The predicted octanol–water partition coefficient (Wildman–Crippen LogP) is 6.96. The Morgan fingerprint density at radius 2 is 1.84 bits per heavy atom. The van der Waals surface area contributed by atoms with Gasteiger partial charge in [-0.15, -0.1) is 0 Å². The first-order valence-electron chi connectivity index (χ1n) is 14.2. The molecule has 0 N–H and O–H groups in total. The molecule has 45 heavy (non-hydrogen) atoms. The molecule has 6 rings (SSSR count). The molecule has 0 amide bonds. The Balaban J connectivity index is 1.46. The highest BCUT2D eigenvalue weighted by Gasteiger charge is 2.34. The lowest BCUT2D eigenvalue weighted by molar-refractivity contribution is -0.139. The summed E-state index contributed by atoms with van der Waals surface area (Å²) >= 11 is 11.2. The maximum absolute atomic E-state index is 14.2. The molecular formula is C35H28BrClN2O5S. The van der Waals surface area contributed by atoms with Crippen molar-refractivity contribution in [1.29, 1.82) is 0 Å².